The van der Waals surface area contributed by atoms with E-state index < -0.39 is 6.17 Å². The second kappa shape index (κ2) is 7.96. The molecule has 2 aromatic rings. The van der Waals surface area contributed by atoms with E-state index in [2.05, 4.69) is 53.3 Å². The zero-order valence-corrected chi connectivity index (χ0v) is 15.2. The van der Waals surface area contributed by atoms with E-state index in [9.17, 15) is 4.39 Å². The molecule has 1 N–H and O–H groups in total. The van der Waals surface area contributed by atoms with Crippen molar-refractivity contribution in [3.8, 4) is 0 Å². The molecule has 3 rings (SSSR count). The normalized spacial score (nSPS) is 22.0. The van der Waals surface area contributed by atoms with Crippen molar-refractivity contribution in [3.05, 3.63) is 60.3 Å². The molecule has 1 heterocycles. The summed E-state index contributed by atoms with van der Waals surface area (Å²) in [4.78, 5) is 6.74. The molecule has 0 radical (unpaired) electrons. The highest BCUT2D eigenvalue weighted by Crippen LogP contribution is 2.38. The highest BCUT2D eigenvalue weighted by molar-refractivity contribution is 5.39. The Bertz CT molecular complexity index is 645. The van der Waals surface area contributed by atoms with Gasteiger partial charge in [0.25, 0.3) is 0 Å². The first-order valence-electron chi connectivity index (χ1n) is 9.14. The van der Waals surface area contributed by atoms with Crippen LogP contribution >= 0.6 is 0 Å². The third-order valence-corrected chi connectivity index (χ3v) is 5.20. The molecule has 0 saturated heterocycles. The molecule has 1 aliphatic carbocycles. The van der Waals surface area contributed by atoms with Gasteiger partial charge in [-0.1, -0.05) is 50.2 Å². The van der Waals surface area contributed by atoms with E-state index in [1.807, 2.05) is 30.5 Å². The molecule has 2 unspecified atom stereocenters. The Labute approximate surface area is 150 Å². The first-order valence-corrected chi connectivity index (χ1v) is 9.14. The lowest BCUT2D eigenvalue weighted by atomic mass is 9.87. The summed E-state index contributed by atoms with van der Waals surface area (Å²) in [5.74, 6) is 0.954. The summed E-state index contributed by atoms with van der Waals surface area (Å²) in [6, 6.07) is 16.3. The van der Waals surface area contributed by atoms with E-state index in [0.717, 1.165) is 31.9 Å². The number of benzene rings is 1. The fourth-order valence-corrected chi connectivity index (χ4v) is 3.70. The summed E-state index contributed by atoms with van der Waals surface area (Å²) in [6.07, 6.45) is 2.68. The number of hydrogen-bond donors (Lipinski definition) is 1. The number of halogens is 1. The van der Waals surface area contributed by atoms with Crippen molar-refractivity contribution in [2.75, 3.05) is 18.0 Å². The number of pyridine rings is 1. The van der Waals surface area contributed by atoms with E-state index in [-0.39, 0.29) is 11.5 Å². The summed E-state index contributed by atoms with van der Waals surface area (Å²) < 4.78 is 14.2. The smallest absolute Gasteiger partial charge is 0.128 e. The lowest BCUT2D eigenvalue weighted by Crippen LogP contribution is -2.46. The zero-order chi connectivity index (χ0) is 17.7. The number of alkyl halides is 1. The van der Waals surface area contributed by atoms with Gasteiger partial charge in [-0.2, -0.15) is 0 Å². The maximum Gasteiger partial charge on any atom is 0.128 e. The Morgan fingerprint density at radius 1 is 1.16 bits per heavy atom. The van der Waals surface area contributed by atoms with Crippen molar-refractivity contribution in [3.63, 3.8) is 0 Å². The highest BCUT2D eigenvalue weighted by Gasteiger charge is 2.41. The van der Waals surface area contributed by atoms with Crippen LogP contribution in [0.3, 0.4) is 0 Å². The van der Waals surface area contributed by atoms with Gasteiger partial charge in [-0.15, -0.1) is 0 Å². The van der Waals surface area contributed by atoms with Gasteiger partial charge in [-0.3, -0.25) is 0 Å². The predicted octanol–water partition coefficient (Wildman–Crippen LogP) is 4.20. The molecule has 1 aromatic heterocycles. The van der Waals surface area contributed by atoms with Gasteiger partial charge in [-0.05, 0) is 36.0 Å². The monoisotopic (exact) mass is 341 g/mol. The minimum atomic E-state index is -0.743. The Kier molecular flexibility index (Phi) is 5.69. The van der Waals surface area contributed by atoms with Gasteiger partial charge in [0.15, 0.2) is 0 Å². The van der Waals surface area contributed by atoms with Crippen molar-refractivity contribution in [1.82, 2.24) is 10.3 Å². The summed E-state index contributed by atoms with van der Waals surface area (Å²) in [5, 5.41) is 3.46. The molecular formula is C21H28FN3. The molecule has 4 heteroatoms. The molecule has 25 heavy (non-hydrogen) atoms. The van der Waals surface area contributed by atoms with Crippen molar-refractivity contribution < 1.29 is 4.39 Å². The molecule has 3 nitrogen and oxygen atoms in total. The van der Waals surface area contributed by atoms with Gasteiger partial charge in [-0.25, -0.2) is 9.37 Å². The van der Waals surface area contributed by atoms with E-state index >= 15 is 0 Å². The van der Waals surface area contributed by atoms with Gasteiger partial charge in [0.05, 0.1) is 0 Å². The van der Waals surface area contributed by atoms with Gasteiger partial charge in [0.2, 0.25) is 0 Å². The highest BCUT2D eigenvalue weighted by atomic mass is 19.1. The van der Waals surface area contributed by atoms with Crippen LogP contribution in [0, 0.1) is 5.41 Å². The van der Waals surface area contributed by atoms with Crippen LogP contribution in [0.1, 0.15) is 32.3 Å². The Hall–Kier alpha value is -1.94. The number of hydrogen-bond acceptors (Lipinski definition) is 3. The quantitative estimate of drug-likeness (QED) is 0.818. The molecule has 0 aliphatic heterocycles. The fraction of sp³-hybridized carbons (Fsp3) is 0.476. The molecule has 134 valence electrons. The average molecular weight is 341 g/mol. The van der Waals surface area contributed by atoms with Crippen molar-refractivity contribution in [2.45, 2.75) is 45.4 Å². The van der Waals surface area contributed by atoms with Gasteiger partial charge in [0, 0.05) is 31.9 Å². The first kappa shape index (κ1) is 17.9. The van der Waals surface area contributed by atoms with Crippen LogP contribution in [-0.4, -0.2) is 30.3 Å². The number of rotatable bonds is 7. The van der Waals surface area contributed by atoms with Crippen LogP contribution in [0.25, 0.3) is 0 Å². The van der Waals surface area contributed by atoms with E-state index in [1.165, 1.54) is 5.56 Å². The van der Waals surface area contributed by atoms with Gasteiger partial charge >= 0.3 is 0 Å². The topological polar surface area (TPSA) is 28.2 Å². The molecule has 2 atom stereocenters. The van der Waals surface area contributed by atoms with Crippen LogP contribution in [0.15, 0.2) is 54.7 Å². The van der Waals surface area contributed by atoms with Crippen molar-refractivity contribution >= 4 is 5.82 Å². The number of anilines is 1. The summed E-state index contributed by atoms with van der Waals surface area (Å²) in [5.41, 5.74) is 1.27. The molecule has 1 saturated carbocycles. The van der Waals surface area contributed by atoms with Gasteiger partial charge < -0.3 is 10.2 Å². The molecule has 1 aliphatic rings. The number of nitrogens with one attached hydrogen (secondary N) is 1. The molecule has 1 aromatic carbocycles. The summed E-state index contributed by atoms with van der Waals surface area (Å²) in [6.45, 7) is 6.66. The van der Waals surface area contributed by atoms with Crippen LogP contribution < -0.4 is 10.2 Å². The minimum absolute atomic E-state index is 0.0225. The Balaban J connectivity index is 1.64. The van der Waals surface area contributed by atoms with E-state index in [1.54, 1.807) is 0 Å². The van der Waals surface area contributed by atoms with E-state index in [4.69, 9.17) is 0 Å². The molecule has 0 spiro atoms. The summed E-state index contributed by atoms with van der Waals surface area (Å²) in [7, 11) is 0. The lowest BCUT2D eigenvalue weighted by Gasteiger charge is -2.31. The second-order valence-electron chi connectivity index (χ2n) is 7.57. The predicted molar refractivity (Wildman–Crippen MR) is 101 cm³/mol. The SMILES string of the molecule is CC1(C)CCC(F)C1NCCN(Cc1ccccc1)c1ccccn1. The van der Waals surface area contributed by atoms with Crippen molar-refractivity contribution in [1.29, 1.82) is 0 Å². The second-order valence-corrected chi connectivity index (χ2v) is 7.57. The van der Waals surface area contributed by atoms with E-state index in [0.29, 0.717) is 6.42 Å². The third-order valence-electron chi connectivity index (χ3n) is 5.20. The van der Waals surface area contributed by atoms with Crippen LogP contribution in [0.2, 0.25) is 0 Å². The number of nitrogens with zero attached hydrogens (tertiary/aromatic N) is 2. The maximum atomic E-state index is 14.2. The fourth-order valence-electron chi connectivity index (χ4n) is 3.70. The zero-order valence-electron chi connectivity index (χ0n) is 15.2. The molecule has 1 fully saturated rings. The molecule has 0 bridgehead atoms. The summed E-state index contributed by atoms with van der Waals surface area (Å²) >= 11 is 0. The molecular weight excluding hydrogens is 313 g/mol. The average Bonchev–Trinajstić information content (AvgIpc) is 2.89. The van der Waals surface area contributed by atoms with Crippen LogP contribution in [0.4, 0.5) is 10.2 Å². The first-order chi connectivity index (χ1) is 12.1. The van der Waals surface area contributed by atoms with Crippen molar-refractivity contribution in [2.24, 2.45) is 5.41 Å². The molecule has 0 amide bonds. The lowest BCUT2D eigenvalue weighted by molar-refractivity contribution is 0.207. The maximum absolute atomic E-state index is 14.2. The Morgan fingerprint density at radius 2 is 1.92 bits per heavy atom. The minimum Gasteiger partial charge on any atom is -0.351 e. The Morgan fingerprint density at radius 3 is 2.56 bits per heavy atom. The standard InChI is InChI=1S/C21H28FN3/c1-21(2)12-11-18(22)20(21)24-14-15-25(19-10-6-7-13-23-19)16-17-8-4-3-5-9-17/h3-10,13,18,20,24H,11-12,14-16H2,1-2H3. The van der Waals surface area contributed by atoms with Crippen LogP contribution in [0.5, 0.6) is 0 Å². The largest absolute Gasteiger partial charge is 0.351 e. The van der Waals surface area contributed by atoms with Crippen LogP contribution in [-0.2, 0) is 6.54 Å². The van der Waals surface area contributed by atoms with Gasteiger partial charge in [0.1, 0.15) is 12.0 Å². The number of aromatic nitrogens is 1. The third kappa shape index (κ3) is 4.57.